The van der Waals surface area contributed by atoms with Gasteiger partial charge in [-0.1, -0.05) is 40.7 Å². The number of aromatic nitrogens is 2. The van der Waals surface area contributed by atoms with Crippen LogP contribution in [0.5, 0.6) is 0 Å². The summed E-state index contributed by atoms with van der Waals surface area (Å²) in [6.45, 7) is 11.7. The number of aromatic carboxylic acids is 1. The second-order valence-electron chi connectivity index (χ2n) is 6.44. The Bertz CT molecular complexity index is 656. The Labute approximate surface area is 125 Å². The molecule has 1 unspecified atom stereocenters. The molecule has 1 aromatic carbocycles. The molecule has 0 fully saturated rings. The van der Waals surface area contributed by atoms with Gasteiger partial charge >= 0.3 is 5.97 Å². The van der Waals surface area contributed by atoms with Crippen molar-refractivity contribution in [2.45, 2.75) is 47.1 Å². The fraction of sp³-hybridized carbons (Fsp3) is 0.529. The normalized spacial score (nSPS) is 13.3. The zero-order chi connectivity index (χ0) is 15.7. The Kier molecular flexibility index (Phi) is 4.35. The van der Waals surface area contributed by atoms with Crippen LogP contribution >= 0.6 is 0 Å². The van der Waals surface area contributed by atoms with E-state index in [1.807, 2.05) is 6.07 Å². The molecule has 21 heavy (non-hydrogen) atoms. The summed E-state index contributed by atoms with van der Waals surface area (Å²) in [6.07, 6.45) is 0. The standard InChI is InChI=1S/C17H24N2O2/c1-10(2)12(5)9-19-14-8-6-7-13(17(20)21)15(14)18-16(19)11(3)4/h6-8,10-12H,9H2,1-5H3,(H,20,21). The lowest BCUT2D eigenvalue weighted by atomic mass is 9.98. The molecule has 2 rings (SSSR count). The number of carboxylic acid groups (broad SMARTS) is 1. The van der Waals surface area contributed by atoms with Crippen molar-refractivity contribution in [3.05, 3.63) is 29.6 Å². The first-order valence-electron chi connectivity index (χ1n) is 7.55. The van der Waals surface area contributed by atoms with Crippen LogP contribution < -0.4 is 0 Å². The van der Waals surface area contributed by atoms with Gasteiger partial charge in [-0.3, -0.25) is 0 Å². The number of rotatable bonds is 5. The number of hydrogen-bond donors (Lipinski definition) is 1. The second kappa shape index (κ2) is 5.88. The first kappa shape index (κ1) is 15.5. The lowest BCUT2D eigenvalue weighted by Crippen LogP contribution is -2.15. The van der Waals surface area contributed by atoms with Crippen molar-refractivity contribution in [2.24, 2.45) is 11.8 Å². The van der Waals surface area contributed by atoms with E-state index < -0.39 is 5.97 Å². The van der Waals surface area contributed by atoms with Gasteiger partial charge in [-0.05, 0) is 24.0 Å². The Balaban J connectivity index is 2.64. The van der Waals surface area contributed by atoms with E-state index in [0.29, 0.717) is 17.4 Å². The summed E-state index contributed by atoms with van der Waals surface area (Å²) in [6, 6.07) is 5.39. The third-order valence-electron chi connectivity index (χ3n) is 4.16. The number of nitrogens with zero attached hydrogens (tertiary/aromatic N) is 2. The molecule has 1 N–H and O–H groups in total. The zero-order valence-corrected chi connectivity index (χ0v) is 13.4. The van der Waals surface area contributed by atoms with E-state index in [4.69, 9.17) is 0 Å². The number of carbonyl (C=O) groups is 1. The third-order valence-corrected chi connectivity index (χ3v) is 4.16. The molecule has 0 bridgehead atoms. The topological polar surface area (TPSA) is 55.1 Å². The van der Waals surface area contributed by atoms with Gasteiger partial charge in [0.05, 0.1) is 11.1 Å². The largest absolute Gasteiger partial charge is 0.478 e. The molecule has 1 aromatic heterocycles. The number of para-hydroxylation sites is 1. The molecule has 1 atom stereocenters. The Morgan fingerprint density at radius 2 is 1.90 bits per heavy atom. The predicted octanol–water partition coefficient (Wildman–Crippen LogP) is 4.15. The number of fused-ring (bicyclic) bond motifs is 1. The fourth-order valence-corrected chi connectivity index (χ4v) is 2.47. The van der Waals surface area contributed by atoms with E-state index >= 15 is 0 Å². The van der Waals surface area contributed by atoms with Crippen molar-refractivity contribution in [1.82, 2.24) is 9.55 Å². The van der Waals surface area contributed by atoms with Gasteiger partial charge in [0.25, 0.3) is 0 Å². The Hall–Kier alpha value is -1.84. The molecule has 0 amide bonds. The van der Waals surface area contributed by atoms with Crippen LogP contribution in [0.1, 0.15) is 56.7 Å². The maximum atomic E-state index is 11.4. The van der Waals surface area contributed by atoms with Crippen molar-refractivity contribution in [2.75, 3.05) is 0 Å². The Morgan fingerprint density at radius 3 is 2.43 bits per heavy atom. The van der Waals surface area contributed by atoms with E-state index in [1.165, 1.54) is 0 Å². The van der Waals surface area contributed by atoms with Crippen LogP contribution in [0, 0.1) is 11.8 Å². The summed E-state index contributed by atoms with van der Waals surface area (Å²) >= 11 is 0. The van der Waals surface area contributed by atoms with Crippen LogP contribution in [0.15, 0.2) is 18.2 Å². The van der Waals surface area contributed by atoms with Gasteiger partial charge in [0.1, 0.15) is 11.3 Å². The van der Waals surface area contributed by atoms with E-state index in [1.54, 1.807) is 12.1 Å². The quantitative estimate of drug-likeness (QED) is 0.899. The number of benzene rings is 1. The molecule has 0 aliphatic rings. The molecule has 1 heterocycles. The SMILES string of the molecule is CC(C)c1nc2c(C(=O)O)cccc2n1CC(C)C(C)C. The molecule has 0 saturated heterocycles. The summed E-state index contributed by atoms with van der Waals surface area (Å²) < 4.78 is 2.19. The fourth-order valence-electron chi connectivity index (χ4n) is 2.47. The van der Waals surface area contributed by atoms with Crippen molar-refractivity contribution < 1.29 is 9.90 Å². The van der Waals surface area contributed by atoms with E-state index in [2.05, 4.69) is 44.2 Å². The molecule has 0 saturated carbocycles. The van der Waals surface area contributed by atoms with Gasteiger partial charge in [0.2, 0.25) is 0 Å². The summed E-state index contributed by atoms with van der Waals surface area (Å²) in [5, 5.41) is 9.34. The highest BCUT2D eigenvalue weighted by molar-refractivity contribution is 6.01. The van der Waals surface area contributed by atoms with Crippen molar-refractivity contribution >= 4 is 17.0 Å². The monoisotopic (exact) mass is 288 g/mol. The highest BCUT2D eigenvalue weighted by atomic mass is 16.4. The van der Waals surface area contributed by atoms with Crippen LogP contribution in [0.3, 0.4) is 0 Å². The van der Waals surface area contributed by atoms with Crippen LogP contribution in [-0.4, -0.2) is 20.6 Å². The molecular formula is C17H24N2O2. The molecule has 4 nitrogen and oxygen atoms in total. The number of carboxylic acids is 1. The highest BCUT2D eigenvalue weighted by Gasteiger charge is 2.20. The first-order chi connectivity index (χ1) is 9.82. The average molecular weight is 288 g/mol. The van der Waals surface area contributed by atoms with Crippen molar-refractivity contribution in [1.29, 1.82) is 0 Å². The van der Waals surface area contributed by atoms with Gasteiger partial charge in [-0.25, -0.2) is 9.78 Å². The smallest absolute Gasteiger partial charge is 0.337 e. The van der Waals surface area contributed by atoms with Gasteiger partial charge in [-0.15, -0.1) is 0 Å². The second-order valence-corrected chi connectivity index (χ2v) is 6.44. The molecule has 0 aliphatic heterocycles. The van der Waals surface area contributed by atoms with Gasteiger partial charge in [0, 0.05) is 12.5 Å². The molecule has 2 aromatic rings. The highest BCUT2D eigenvalue weighted by Crippen LogP contribution is 2.26. The lowest BCUT2D eigenvalue weighted by molar-refractivity contribution is 0.0699. The summed E-state index contributed by atoms with van der Waals surface area (Å²) in [7, 11) is 0. The molecular weight excluding hydrogens is 264 g/mol. The van der Waals surface area contributed by atoms with Gasteiger partial charge < -0.3 is 9.67 Å². The van der Waals surface area contributed by atoms with Crippen LogP contribution in [0.4, 0.5) is 0 Å². The van der Waals surface area contributed by atoms with Gasteiger partial charge in [0.15, 0.2) is 0 Å². The predicted molar refractivity (Wildman–Crippen MR) is 84.8 cm³/mol. The van der Waals surface area contributed by atoms with Crippen LogP contribution in [-0.2, 0) is 6.54 Å². The minimum absolute atomic E-state index is 0.262. The molecule has 0 aliphatic carbocycles. The van der Waals surface area contributed by atoms with Crippen LogP contribution in [0.2, 0.25) is 0 Å². The van der Waals surface area contributed by atoms with E-state index in [-0.39, 0.29) is 11.5 Å². The van der Waals surface area contributed by atoms with Gasteiger partial charge in [-0.2, -0.15) is 0 Å². The van der Waals surface area contributed by atoms with Crippen LogP contribution in [0.25, 0.3) is 11.0 Å². The maximum absolute atomic E-state index is 11.4. The number of hydrogen-bond acceptors (Lipinski definition) is 2. The third kappa shape index (κ3) is 2.94. The minimum atomic E-state index is -0.919. The summed E-state index contributed by atoms with van der Waals surface area (Å²) in [5.41, 5.74) is 1.81. The zero-order valence-electron chi connectivity index (χ0n) is 13.4. The molecule has 0 spiro atoms. The maximum Gasteiger partial charge on any atom is 0.337 e. The van der Waals surface area contributed by atoms with Crippen molar-refractivity contribution in [3.8, 4) is 0 Å². The molecule has 0 radical (unpaired) electrons. The Morgan fingerprint density at radius 1 is 1.24 bits per heavy atom. The van der Waals surface area contributed by atoms with E-state index in [0.717, 1.165) is 17.9 Å². The summed E-state index contributed by atoms with van der Waals surface area (Å²) in [4.78, 5) is 16.0. The number of imidazole rings is 1. The lowest BCUT2D eigenvalue weighted by Gasteiger charge is -2.19. The first-order valence-corrected chi connectivity index (χ1v) is 7.55. The minimum Gasteiger partial charge on any atom is -0.478 e. The van der Waals surface area contributed by atoms with E-state index in [9.17, 15) is 9.90 Å². The van der Waals surface area contributed by atoms with Crippen molar-refractivity contribution in [3.63, 3.8) is 0 Å². The average Bonchev–Trinajstić information content (AvgIpc) is 2.77. The molecule has 114 valence electrons. The summed E-state index contributed by atoms with van der Waals surface area (Å²) in [5.74, 6) is 1.39. The molecule has 4 heteroatoms.